The SMILES string of the molecule is CN(C(=O)C(N)c1cnn(C)c1)C1CCCC1. The standard InChI is InChI=1S/C12H20N4O/c1-15-8-9(7-14-15)11(13)12(17)16(2)10-5-3-4-6-10/h7-8,10-11H,3-6,13H2,1-2H3. The lowest BCUT2D eigenvalue weighted by Crippen LogP contribution is -2.41. The molecule has 1 aromatic heterocycles. The first-order valence-electron chi connectivity index (χ1n) is 6.10. The van der Waals surface area contributed by atoms with Crippen molar-refractivity contribution in [2.24, 2.45) is 12.8 Å². The molecule has 2 rings (SSSR count). The minimum atomic E-state index is -0.589. The van der Waals surface area contributed by atoms with E-state index in [1.165, 1.54) is 12.8 Å². The number of hydrogen-bond acceptors (Lipinski definition) is 3. The molecule has 1 saturated carbocycles. The fourth-order valence-electron chi connectivity index (χ4n) is 2.43. The summed E-state index contributed by atoms with van der Waals surface area (Å²) in [5, 5.41) is 4.04. The highest BCUT2D eigenvalue weighted by Gasteiger charge is 2.28. The van der Waals surface area contributed by atoms with Crippen molar-refractivity contribution in [2.45, 2.75) is 37.8 Å². The third-order valence-electron chi connectivity index (χ3n) is 3.57. The zero-order valence-corrected chi connectivity index (χ0v) is 10.5. The summed E-state index contributed by atoms with van der Waals surface area (Å²) in [6, 6.07) is -0.223. The molecule has 1 fully saturated rings. The molecule has 0 spiro atoms. The molecule has 17 heavy (non-hydrogen) atoms. The summed E-state index contributed by atoms with van der Waals surface area (Å²) in [7, 11) is 3.68. The first kappa shape index (κ1) is 12.1. The van der Waals surface area contributed by atoms with Crippen molar-refractivity contribution in [3.8, 4) is 0 Å². The minimum Gasteiger partial charge on any atom is -0.341 e. The predicted octanol–water partition coefficient (Wildman–Crippen LogP) is 0.821. The summed E-state index contributed by atoms with van der Waals surface area (Å²) in [6.07, 6.45) is 8.08. The smallest absolute Gasteiger partial charge is 0.244 e. The summed E-state index contributed by atoms with van der Waals surface area (Å²) in [6.45, 7) is 0. The molecule has 94 valence electrons. The Kier molecular flexibility index (Phi) is 3.47. The normalized spacial score (nSPS) is 18.3. The average Bonchev–Trinajstić information content (AvgIpc) is 2.96. The summed E-state index contributed by atoms with van der Waals surface area (Å²) < 4.78 is 1.66. The second-order valence-electron chi connectivity index (χ2n) is 4.81. The van der Waals surface area contributed by atoms with Crippen LogP contribution in [0.5, 0.6) is 0 Å². The minimum absolute atomic E-state index is 0.00935. The quantitative estimate of drug-likeness (QED) is 0.845. The summed E-state index contributed by atoms with van der Waals surface area (Å²) in [5.41, 5.74) is 6.76. The molecule has 0 aliphatic heterocycles. The van der Waals surface area contributed by atoms with Crippen LogP contribution in [0.15, 0.2) is 12.4 Å². The molecule has 1 aliphatic carbocycles. The van der Waals surface area contributed by atoms with Crippen LogP contribution in [-0.2, 0) is 11.8 Å². The van der Waals surface area contributed by atoms with Crippen molar-refractivity contribution < 1.29 is 4.79 Å². The Hall–Kier alpha value is -1.36. The van der Waals surface area contributed by atoms with E-state index >= 15 is 0 Å². The fourth-order valence-corrected chi connectivity index (χ4v) is 2.43. The maximum atomic E-state index is 12.2. The van der Waals surface area contributed by atoms with Gasteiger partial charge >= 0.3 is 0 Å². The van der Waals surface area contributed by atoms with Crippen molar-refractivity contribution in [3.05, 3.63) is 18.0 Å². The molecule has 1 atom stereocenters. The molecular formula is C12H20N4O. The maximum Gasteiger partial charge on any atom is 0.244 e. The number of amides is 1. The number of rotatable bonds is 3. The van der Waals surface area contributed by atoms with Crippen molar-refractivity contribution in [2.75, 3.05) is 7.05 Å². The van der Waals surface area contributed by atoms with Crippen molar-refractivity contribution in [1.29, 1.82) is 0 Å². The zero-order chi connectivity index (χ0) is 12.4. The summed E-state index contributed by atoms with van der Waals surface area (Å²) in [5.74, 6) is -0.00935. The van der Waals surface area contributed by atoms with Gasteiger partial charge in [0.25, 0.3) is 0 Å². The Morgan fingerprint density at radius 3 is 2.76 bits per heavy atom. The number of aryl methyl sites for hydroxylation is 1. The third kappa shape index (κ3) is 2.49. The van der Waals surface area contributed by atoms with Crippen LogP contribution in [0.2, 0.25) is 0 Å². The monoisotopic (exact) mass is 236 g/mol. The van der Waals surface area contributed by atoms with Gasteiger partial charge in [-0.1, -0.05) is 12.8 Å². The van der Waals surface area contributed by atoms with Crippen LogP contribution in [0.3, 0.4) is 0 Å². The zero-order valence-electron chi connectivity index (χ0n) is 10.5. The van der Waals surface area contributed by atoms with E-state index in [1.54, 1.807) is 17.1 Å². The second kappa shape index (κ2) is 4.87. The van der Waals surface area contributed by atoms with Crippen molar-refractivity contribution in [1.82, 2.24) is 14.7 Å². The number of hydrogen-bond donors (Lipinski definition) is 1. The van der Waals surface area contributed by atoms with Gasteiger partial charge in [0.15, 0.2) is 0 Å². The number of nitrogens with two attached hydrogens (primary N) is 1. The van der Waals surface area contributed by atoms with E-state index in [4.69, 9.17) is 5.73 Å². The van der Waals surface area contributed by atoms with Gasteiger partial charge in [0.2, 0.25) is 5.91 Å². The van der Waals surface area contributed by atoms with Crippen LogP contribution in [0, 0.1) is 0 Å². The Morgan fingerprint density at radius 2 is 2.24 bits per heavy atom. The van der Waals surface area contributed by atoms with Crippen LogP contribution >= 0.6 is 0 Å². The lowest BCUT2D eigenvalue weighted by molar-refractivity contribution is -0.133. The lowest BCUT2D eigenvalue weighted by Gasteiger charge is -2.26. The predicted molar refractivity (Wildman–Crippen MR) is 65.2 cm³/mol. The van der Waals surface area contributed by atoms with Crippen molar-refractivity contribution >= 4 is 5.91 Å². The first-order valence-corrected chi connectivity index (χ1v) is 6.10. The van der Waals surface area contributed by atoms with Crippen LogP contribution in [0.4, 0.5) is 0 Å². The van der Waals surface area contributed by atoms with E-state index in [9.17, 15) is 4.79 Å². The van der Waals surface area contributed by atoms with Crippen LogP contribution in [0.1, 0.15) is 37.3 Å². The molecule has 0 bridgehead atoms. The fraction of sp³-hybridized carbons (Fsp3) is 0.667. The number of carbonyl (C=O) groups excluding carboxylic acids is 1. The molecule has 1 amide bonds. The number of nitrogens with zero attached hydrogens (tertiary/aromatic N) is 3. The average molecular weight is 236 g/mol. The molecule has 0 saturated heterocycles. The van der Waals surface area contributed by atoms with E-state index in [1.807, 2.05) is 19.0 Å². The highest BCUT2D eigenvalue weighted by Crippen LogP contribution is 2.24. The van der Waals surface area contributed by atoms with Gasteiger partial charge in [-0.25, -0.2) is 0 Å². The molecule has 5 heteroatoms. The third-order valence-corrected chi connectivity index (χ3v) is 3.57. The topological polar surface area (TPSA) is 64.2 Å². The van der Waals surface area contributed by atoms with Gasteiger partial charge in [0, 0.05) is 31.9 Å². The Labute approximate surface area is 102 Å². The van der Waals surface area contributed by atoms with E-state index in [2.05, 4.69) is 5.10 Å². The molecule has 1 heterocycles. The van der Waals surface area contributed by atoms with Gasteiger partial charge in [0.1, 0.15) is 6.04 Å². The summed E-state index contributed by atoms with van der Waals surface area (Å²) in [4.78, 5) is 14.0. The molecule has 0 radical (unpaired) electrons. The number of likely N-dealkylation sites (N-methyl/N-ethyl adjacent to an activating group) is 1. The molecule has 1 aliphatic rings. The van der Waals surface area contributed by atoms with Crippen LogP contribution in [-0.4, -0.2) is 33.7 Å². The summed E-state index contributed by atoms with van der Waals surface area (Å²) >= 11 is 0. The van der Waals surface area contributed by atoms with Crippen LogP contribution in [0.25, 0.3) is 0 Å². The number of aromatic nitrogens is 2. The van der Waals surface area contributed by atoms with Gasteiger partial charge in [-0.05, 0) is 12.8 Å². The van der Waals surface area contributed by atoms with Gasteiger partial charge in [0.05, 0.1) is 6.20 Å². The van der Waals surface area contributed by atoms with Gasteiger partial charge < -0.3 is 10.6 Å². The Morgan fingerprint density at radius 1 is 1.59 bits per heavy atom. The van der Waals surface area contributed by atoms with Gasteiger partial charge in [-0.2, -0.15) is 5.10 Å². The first-order chi connectivity index (χ1) is 8.09. The Bertz CT molecular complexity index is 395. The molecule has 2 N–H and O–H groups in total. The van der Waals surface area contributed by atoms with E-state index in [-0.39, 0.29) is 5.91 Å². The molecule has 1 aromatic rings. The van der Waals surface area contributed by atoms with Gasteiger partial charge in [-0.15, -0.1) is 0 Å². The van der Waals surface area contributed by atoms with E-state index in [0.717, 1.165) is 18.4 Å². The van der Waals surface area contributed by atoms with Crippen LogP contribution < -0.4 is 5.73 Å². The van der Waals surface area contributed by atoms with E-state index < -0.39 is 6.04 Å². The number of carbonyl (C=O) groups is 1. The molecule has 0 aromatic carbocycles. The van der Waals surface area contributed by atoms with E-state index in [0.29, 0.717) is 6.04 Å². The second-order valence-corrected chi connectivity index (χ2v) is 4.81. The lowest BCUT2D eigenvalue weighted by atomic mass is 10.1. The molecule has 5 nitrogen and oxygen atoms in total. The van der Waals surface area contributed by atoms with Crippen molar-refractivity contribution in [3.63, 3.8) is 0 Å². The highest BCUT2D eigenvalue weighted by atomic mass is 16.2. The molecule has 1 unspecified atom stereocenters. The molecular weight excluding hydrogens is 216 g/mol. The highest BCUT2D eigenvalue weighted by molar-refractivity contribution is 5.83. The maximum absolute atomic E-state index is 12.2. The Balaban J connectivity index is 2.03. The van der Waals surface area contributed by atoms with Gasteiger partial charge in [-0.3, -0.25) is 9.48 Å². The largest absolute Gasteiger partial charge is 0.341 e.